The van der Waals surface area contributed by atoms with Gasteiger partial charge in [-0.15, -0.1) is 0 Å². The zero-order valence-electron chi connectivity index (χ0n) is 11.7. The van der Waals surface area contributed by atoms with E-state index in [1.54, 1.807) is 24.3 Å². The van der Waals surface area contributed by atoms with E-state index in [-0.39, 0.29) is 6.61 Å². The van der Waals surface area contributed by atoms with Crippen LogP contribution in [0.25, 0.3) is 0 Å². The van der Waals surface area contributed by atoms with E-state index in [1.807, 2.05) is 0 Å². The Kier molecular flexibility index (Phi) is 7.56. The van der Waals surface area contributed by atoms with E-state index < -0.39 is 17.9 Å². The summed E-state index contributed by atoms with van der Waals surface area (Å²) < 4.78 is 10.1. The van der Waals surface area contributed by atoms with Gasteiger partial charge in [0.15, 0.2) is 6.61 Å². The van der Waals surface area contributed by atoms with Crippen LogP contribution >= 0.6 is 11.6 Å². The fourth-order valence-electron chi connectivity index (χ4n) is 1.60. The van der Waals surface area contributed by atoms with Crippen molar-refractivity contribution < 1.29 is 24.2 Å². The number of aliphatic carboxylic acids is 1. The Labute approximate surface area is 128 Å². The van der Waals surface area contributed by atoms with E-state index in [1.165, 1.54) is 7.11 Å². The highest BCUT2D eigenvalue weighted by atomic mass is 35.5. The molecule has 6 nitrogen and oxygen atoms in total. The molecular formula is C14H18ClNO5. The summed E-state index contributed by atoms with van der Waals surface area (Å²) in [5.41, 5.74) is 0. The summed E-state index contributed by atoms with van der Waals surface area (Å²) in [5.74, 6) is -1.08. The maximum Gasteiger partial charge on any atom is 0.326 e. The molecule has 0 spiro atoms. The third-order valence-corrected chi connectivity index (χ3v) is 2.91. The molecule has 0 aliphatic heterocycles. The lowest BCUT2D eigenvalue weighted by Gasteiger charge is -2.14. The van der Waals surface area contributed by atoms with Crippen molar-refractivity contribution >= 4 is 23.5 Å². The summed E-state index contributed by atoms with van der Waals surface area (Å²) in [7, 11) is 1.54. The van der Waals surface area contributed by atoms with E-state index in [2.05, 4.69) is 5.32 Å². The SMILES string of the molecule is COCCCC(NC(=O)COc1ccc(Cl)cc1)C(=O)O. The lowest BCUT2D eigenvalue weighted by atomic mass is 10.1. The zero-order valence-corrected chi connectivity index (χ0v) is 12.4. The number of carboxylic acid groups (broad SMARTS) is 1. The summed E-state index contributed by atoms with van der Waals surface area (Å²) in [5, 5.41) is 12.0. The Morgan fingerprint density at radius 1 is 1.33 bits per heavy atom. The number of hydrogen-bond donors (Lipinski definition) is 2. The van der Waals surface area contributed by atoms with Crippen molar-refractivity contribution in [3.8, 4) is 5.75 Å². The number of methoxy groups -OCH3 is 1. The van der Waals surface area contributed by atoms with Crippen LogP contribution in [0.1, 0.15) is 12.8 Å². The van der Waals surface area contributed by atoms with E-state index in [0.717, 1.165) is 0 Å². The van der Waals surface area contributed by atoms with E-state index >= 15 is 0 Å². The van der Waals surface area contributed by atoms with E-state index in [4.69, 9.17) is 26.2 Å². The van der Waals surface area contributed by atoms with Crippen LogP contribution in [0, 0.1) is 0 Å². The van der Waals surface area contributed by atoms with Crippen molar-refractivity contribution in [1.29, 1.82) is 0 Å². The molecule has 0 aliphatic rings. The highest BCUT2D eigenvalue weighted by molar-refractivity contribution is 6.30. The van der Waals surface area contributed by atoms with Crippen LogP contribution < -0.4 is 10.1 Å². The van der Waals surface area contributed by atoms with Crippen molar-refractivity contribution in [3.05, 3.63) is 29.3 Å². The maximum absolute atomic E-state index is 11.7. The number of amides is 1. The second kappa shape index (κ2) is 9.20. The van der Waals surface area contributed by atoms with Crippen molar-refractivity contribution in [3.63, 3.8) is 0 Å². The minimum absolute atomic E-state index is 0.254. The number of carbonyl (C=O) groups is 2. The van der Waals surface area contributed by atoms with Crippen LogP contribution in [0.5, 0.6) is 5.75 Å². The molecule has 0 saturated carbocycles. The van der Waals surface area contributed by atoms with Crippen LogP contribution in [0.3, 0.4) is 0 Å². The van der Waals surface area contributed by atoms with Gasteiger partial charge in [-0.25, -0.2) is 4.79 Å². The summed E-state index contributed by atoms with van der Waals surface area (Å²) >= 11 is 5.73. The normalized spacial score (nSPS) is 11.7. The second-order valence-corrected chi connectivity index (χ2v) is 4.77. The van der Waals surface area contributed by atoms with Crippen LogP contribution in [-0.4, -0.2) is 43.3 Å². The molecule has 21 heavy (non-hydrogen) atoms. The van der Waals surface area contributed by atoms with Crippen LogP contribution in [0.4, 0.5) is 0 Å². The molecule has 0 saturated heterocycles. The molecule has 0 fully saturated rings. The fourth-order valence-corrected chi connectivity index (χ4v) is 1.73. The van der Waals surface area contributed by atoms with Crippen LogP contribution in [-0.2, 0) is 14.3 Å². The predicted molar refractivity (Wildman–Crippen MR) is 77.6 cm³/mol. The molecule has 0 aliphatic carbocycles. The van der Waals surface area contributed by atoms with Gasteiger partial charge in [0.2, 0.25) is 0 Å². The zero-order chi connectivity index (χ0) is 15.7. The molecule has 1 atom stereocenters. The smallest absolute Gasteiger partial charge is 0.326 e. The number of benzene rings is 1. The molecule has 1 aromatic carbocycles. The molecular weight excluding hydrogens is 298 g/mol. The summed E-state index contributed by atoms with van der Waals surface area (Å²) in [6, 6.07) is 5.59. The molecule has 0 radical (unpaired) electrons. The minimum Gasteiger partial charge on any atom is -0.484 e. The van der Waals surface area contributed by atoms with Crippen molar-refractivity contribution in [2.24, 2.45) is 0 Å². The fraction of sp³-hybridized carbons (Fsp3) is 0.429. The largest absolute Gasteiger partial charge is 0.484 e. The van der Waals surface area contributed by atoms with Gasteiger partial charge in [-0.3, -0.25) is 4.79 Å². The molecule has 0 aromatic heterocycles. The number of carboxylic acids is 1. The van der Waals surface area contributed by atoms with Gasteiger partial charge in [0.25, 0.3) is 5.91 Å². The molecule has 1 unspecified atom stereocenters. The molecule has 116 valence electrons. The first-order chi connectivity index (χ1) is 10.0. The number of halogens is 1. The highest BCUT2D eigenvalue weighted by Gasteiger charge is 2.19. The van der Waals surface area contributed by atoms with Crippen molar-refractivity contribution in [2.75, 3.05) is 20.3 Å². The average Bonchev–Trinajstić information content (AvgIpc) is 2.45. The third-order valence-electron chi connectivity index (χ3n) is 2.66. The Morgan fingerprint density at radius 3 is 2.57 bits per heavy atom. The Morgan fingerprint density at radius 2 is 2.00 bits per heavy atom. The molecule has 0 bridgehead atoms. The molecule has 1 aromatic rings. The Hall–Kier alpha value is -1.79. The monoisotopic (exact) mass is 315 g/mol. The summed E-state index contributed by atoms with van der Waals surface area (Å²) in [6.45, 7) is 0.191. The van der Waals surface area contributed by atoms with Gasteiger partial charge in [0, 0.05) is 18.7 Å². The first-order valence-corrected chi connectivity index (χ1v) is 6.80. The minimum atomic E-state index is -1.08. The number of rotatable bonds is 9. The van der Waals surface area contributed by atoms with Crippen molar-refractivity contribution in [1.82, 2.24) is 5.32 Å². The maximum atomic E-state index is 11.7. The van der Waals surface area contributed by atoms with Gasteiger partial charge < -0.3 is 19.9 Å². The van der Waals surface area contributed by atoms with E-state index in [9.17, 15) is 9.59 Å². The predicted octanol–water partition coefficient (Wildman–Crippen LogP) is 1.71. The number of ether oxygens (including phenoxy) is 2. The first kappa shape index (κ1) is 17.3. The van der Waals surface area contributed by atoms with Gasteiger partial charge in [-0.05, 0) is 37.1 Å². The van der Waals surface area contributed by atoms with Gasteiger partial charge in [-0.2, -0.15) is 0 Å². The quantitative estimate of drug-likeness (QED) is 0.678. The van der Waals surface area contributed by atoms with Gasteiger partial charge in [0.1, 0.15) is 11.8 Å². The highest BCUT2D eigenvalue weighted by Crippen LogP contribution is 2.15. The number of carbonyl (C=O) groups excluding carboxylic acids is 1. The topological polar surface area (TPSA) is 84.9 Å². The third kappa shape index (κ3) is 6.97. The summed E-state index contributed by atoms with van der Waals surface area (Å²) in [6.07, 6.45) is 0.849. The standard InChI is InChI=1S/C14H18ClNO5/c1-20-8-2-3-12(14(18)19)16-13(17)9-21-11-6-4-10(15)5-7-11/h4-7,12H,2-3,8-9H2,1H3,(H,16,17)(H,18,19). The Bertz CT molecular complexity index is 463. The molecule has 7 heteroatoms. The van der Waals surface area contributed by atoms with Gasteiger partial charge in [-0.1, -0.05) is 11.6 Å². The van der Waals surface area contributed by atoms with Crippen LogP contribution in [0.15, 0.2) is 24.3 Å². The first-order valence-electron chi connectivity index (χ1n) is 6.42. The average molecular weight is 316 g/mol. The van der Waals surface area contributed by atoms with Crippen LogP contribution in [0.2, 0.25) is 5.02 Å². The molecule has 2 N–H and O–H groups in total. The lowest BCUT2D eigenvalue weighted by Crippen LogP contribution is -2.43. The molecule has 0 heterocycles. The second-order valence-electron chi connectivity index (χ2n) is 4.34. The van der Waals surface area contributed by atoms with Gasteiger partial charge >= 0.3 is 5.97 Å². The van der Waals surface area contributed by atoms with E-state index in [0.29, 0.717) is 30.2 Å². The Balaban J connectivity index is 2.39. The van der Waals surface area contributed by atoms with Gasteiger partial charge in [0.05, 0.1) is 0 Å². The molecule has 1 rings (SSSR count). The van der Waals surface area contributed by atoms with Crippen molar-refractivity contribution in [2.45, 2.75) is 18.9 Å². The summed E-state index contributed by atoms with van der Waals surface area (Å²) in [4.78, 5) is 22.7. The number of nitrogens with one attached hydrogen (secondary N) is 1. The lowest BCUT2D eigenvalue weighted by molar-refractivity contribution is -0.142. The molecule has 1 amide bonds. The number of hydrogen-bond acceptors (Lipinski definition) is 4.